The van der Waals surface area contributed by atoms with Gasteiger partial charge in [-0.15, -0.1) is 6.42 Å². The summed E-state index contributed by atoms with van der Waals surface area (Å²) in [4.78, 5) is 0. The molecule has 12 heavy (non-hydrogen) atoms. The van der Waals surface area contributed by atoms with Gasteiger partial charge in [-0.2, -0.15) is 5.10 Å². The van der Waals surface area contributed by atoms with E-state index in [0.29, 0.717) is 6.54 Å². The maximum Gasteiger partial charge on any atom is 0.101 e. The van der Waals surface area contributed by atoms with E-state index in [9.17, 15) is 0 Å². The van der Waals surface area contributed by atoms with E-state index < -0.39 is 0 Å². The summed E-state index contributed by atoms with van der Waals surface area (Å²) in [7, 11) is 0. The SMILES string of the molecule is C#CCn1cc(C(N)CO)cn1. The Morgan fingerprint density at radius 3 is 3.17 bits per heavy atom. The van der Waals surface area contributed by atoms with Crippen LogP contribution in [0.5, 0.6) is 0 Å². The molecule has 1 heterocycles. The average molecular weight is 165 g/mol. The summed E-state index contributed by atoms with van der Waals surface area (Å²) in [5, 5.41) is 12.7. The molecule has 0 fully saturated rings. The van der Waals surface area contributed by atoms with Gasteiger partial charge in [0.05, 0.1) is 18.8 Å². The normalized spacial score (nSPS) is 12.4. The van der Waals surface area contributed by atoms with Crippen molar-refractivity contribution in [2.45, 2.75) is 12.6 Å². The predicted molar refractivity (Wildman–Crippen MR) is 45.1 cm³/mol. The predicted octanol–water partition coefficient (Wildman–Crippen LogP) is -0.492. The van der Waals surface area contributed by atoms with Crippen molar-refractivity contribution in [2.75, 3.05) is 6.61 Å². The van der Waals surface area contributed by atoms with Crippen LogP contribution in [0.4, 0.5) is 0 Å². The van der Waals surface area contributed by atoms with Gasteiger partial charge < -0.3 is 10.8 Å². The van der Waals surface area contributed by atoms with E-state index in [2.05, 4.69) is 11.0 Å². The van der Waals surface area contributed by atoms with Gasteiger partial charge in [0, 0.05) is 11.8 Å². The lowest BCUT2D eigenvalue weighted by Crippen LogP contribution is -2.13. The molecule has 0 amide bonds. The summed E-state index contributed by atoms with van der Waals surface area (Å²) in [6, 6.07) is -0.364. The van der Waals surface area contributed by atoms with Crippen molar-refractivity contribution in [3.05, 3.63) is 18.0 Å². The summed E-state index contributed by atoms with van der Waals surface area (Å²) in [5.74, 6) is 2.45. The van der Waals surface area contributed by atoms with E-state index in [0.717, 1.165) is 5.56 Å². The van der Waals surface area contributed by atoms with Crippen LogP contribution in [0.1, 0.15) is 11.6 Å². The number of hydrogen-bond acceptors (Lipinski definition) is 3. The number of aromatic nitrogens is 2. The molecule has 0 spiro atoms. The van der Waals surface area contributed by atoms with Gasteiger partial charge in [0.15, 0.2) is 0 Å². The third-order valence-corrected chi connectivity index (χ3v) is 1.53. The molecule has 64 valence electrons. The Morgan fingerprint density at radius 2 is 2.58 bits per heavy atom. The van der Waals surface area contributed by atoms with Crippen LogP contribution >= 0.6 is 0 Å². The first-order valence-corrected chi connectivity index (χ1v) is 3.60. The number of aliphatic hydroxyl groups is 1. The molecule has 1 atom stereocenters. The second-order valence-electron chi connectivity index (χ2n) is 2.46. The molecule has 3 N–H and O–H groups in total. The Hall–Kier alpha value is -1.31. The molecule has 4 nitrogen and oxygen atoms in total. The first kappa shape index (κ1) is 8.78. The van der Waals surface area contributed by atoms with Crippen molar-refractivity contribution in [3.8, 4) is 12.3 Å². The molecular weight excluding hydrogens is 154 g/mol. The minimum absolute atomic E-state index is 0.0816. The van der Waals surface area contributed by atoms with Gasteiger partial charge in [0.2, 0.25) is 0 Å². The number of aliphatic hydroxyl groups excluding tert-OH is 1. The van der Waals surface area contributed by atoms with Gasteiger partial charge in [0.1, 0.15) is 6.54 Å². The lowest BCUT2D eigenvalue weighted by atomic mass is 10.2. The Bertz CT molecular complexity index is 287. The van der Waals surface area contributed by atoms with Crippen LogP contribution in [-0.4, -0.2) is 21.5 Å². The fourth-order valence-electron chi connectivity index (χ4n) is 0.856. The highest BCUT2D eigenvalue weighted by molar-refractivity contribution is 5.10. The van der Waals surface area contributed by atoms with Crippen LogP contribution in [0, 0.1) is 12.3 Å². The van der Waals surface area contributed by atoms with E-state index in [1.807, 2.05) is 0 Å². The molecule has 0 saturated heterocycles. The minimum atomic E-state index is -0.364. The molecule has 0 aliphatic rings. The second kappa shape index (κ2) is 3.90. The van der Waals surface area contributed by atoms with Crippen LogP contribution in [-0.2, 0) is 6.54 Å². The van der Waals surface area contributed by atoms with Gasteiger partial charge in [-0.25, -0.2) is 0 Å². The first-order valence-electron chi connectivity index (χ1n) is 3.60. The molecule has 0 aliphatic carbocycles. The zero-order valence-corrected chi connectivity index (χ0v) is 6.64. The molecule has 0 aromatic carbocycles. The molecule has 1 unspecified atom stereocenters. The quantitative estimate of drug-likeness (QED) is 0.594. The second-order valence-corrected chi connectivity index (χ2v) is 2.46. The minimum Gasteiger partial charge on any atom is -0.394 e. The van der Waals surface area contributed by atoms with Crippen molar-refractivity contribution in [2.24, 2.45) is 5.73 Å². The van der Waals surface area contributed by atoms with E-state index in [4.69, 9.17) is 17.3 Å². The Kier molecular flexibility index (Phi) is 2.86. The van der Waals surface area contributed by atoms with Crippen molar-refractivity contribution in [1.82, 2.24) is 9.78 Å². The highest BCUT2D eigenvalue weighted by Crippen LogP contribution is 2.06. The summed E-state index contributed by atoms with van der Waals surface area (Å²) in [6.07, 6.45) is 8.43. The maximum absolute atomic E-state index is 8.73. The summed E-state index contributed by atoms with van der Waals surface area (Å²) in [5.41, 5.74) is 6.35. The van der Waals surface area contributed by atoms with E-state index in [1.165, 1.54) is 0 Å². The summed E-state index contributed by atoms with van der Waals surface area (Å²) < 4.78 is 1.60. The molecule has 0 radical (unpaired) electrons. The number of hydrogen-bond donors (Lipinski definition) is 2. The zero-order valence-electron chi connectivity index (χ0n) is 6.64. The smallest absolute Gasteiger partial charge is 0.101 e. The molecule has 0 saturated carbocycles. The molecule has 1 rings (SSSR count). The Balaban J connectivity index is 2.71. The van der Waals surface area contributed by atoms with Crippen LogP contribution in [0.15, 0.2) is 12.4 Å². The first-order chi connectivity index (χ1) is 5.77. The number of nitrogens with zero attached hydrogens (tertiary/aromatic N) is 2. The van der Waals surface area contributed by atoms with E-state index in [-0.39, 0.29) is 12.6 Å². The lowest BCUT2D eigenvalue weighted by Gasteiger charge is -2.02. The van der Waals surface area contributed by atoms with Crippen LogP contribution in [0.3, 0.4) is 0 Å². The van der Waals surface area contributed by atoms with E-state index >= 15 is 0 Å². The summed E-state index contributed by atoms with van der Waals surface area (Å²) >= 11 is 0. The molecular formula is C8H11N3O. The molecule has 0 bridgehead atoms. The van der Waals surface area contributed by atoms with Gasteiger partial charge in [-0.3, -0.25) is 4.68 Å². The van der Waals surface area contributed by atoms with Crippen LogP contribution in [0.25, 0.3) is 0 Å². The molecule has 4 heteroatoms. The average Bonchev–Trinajstić information content (AvgIpc) is 2.52. The van der Waals surface area contributed by atoms with E-state index in [1.54, 1.807) is 17.1 Å². The third kappa shape index (κ3) is 1.84. The maximum atomic E-state index is 8.73. The van der Waals surface area contributed by atoms with Crippen LogP contribution < -0.4 is 5.73 Å². The molecule has 0 aliphatic heterocycles. The van der Waals surface area contributed by atoms with Crippen LogP contribution in [0.2, 0.25) is 0 Å². The van der Waals surface area contributed by atoms with Crippen molar-refractivity contribution in [3.63, 3.8) is 0 Å². The molecule has 1 aromatic heterocycles. The van der Waals surface area contributed by atoms with Gasteiger partial charge in [0.25, 0.3) is 0 Å². The third-order valence-electron chi connectivity index (χ3n) is 1.53. The lowest BCUT2D eigenvalue weighted by molar-refractivity contribution is 0.268. The fourth-order valence-corrected chi connectivity index (χ4v) is 0.856. The van der Waals surface area contributed by atoms with Gasteiger partial charge in [-0.05, 0) is 0 Å². The largest absolute Gasteiger partial charge is 0.394 e. The molecule has 1 aromatic rings. The monoisotopic (exact) mass is 165 g/mol. The Morgan fingerprint density at radius 1 is 1.83 bits per heavy atom. The van der Waals surface area contributed by atoms with Gasteiger partial charge >= 0.3 is 0 Å². The number of terminal acetylenes is 1. The highest BCUT2D eigenvalue weighted by atomic mass is 16.3. The van der Waals surface area contributed by atoms with Crippen molar-refractivity contribution >= 4 is 0 Å². The summed E-state index contributed by atoms with van der Waals surface area (Å²) in [6.45, 7) is 0.347. The fraction of sp³-hybridized carbons (Fsp3) is 0.375. The number of rotatable bonds is 3. The highest BCUT2D eigenvalue weighted by Gasteiger charge is 2.05. The topological polar surface area (TPSA) is 64.1 Å². The zero-order chi connectivity index (χ0) is 8.97. The Labute approximate surface area is 71.0 Å². The number of nitrogens with two attached hydrogens (primary N) is 1. The van der Waals surface area contributed by atoms with Crippen molar-refractivity contribution in [1.29, 1.82) is 0 Å². The standard InChI is InChI=1S/C8H11N3O/c1-2-3-11-5-7(4-10-11)8(9)6-12/h1,4-5,8,12H,3,6,9H2. The van der Waals surface area contributed by atoms with Crippen molar-refractivity contribution < 1.29 is 5.11 Å². The van der Waals surface area contributed by atoms with Gasteiger partial charge in [-0.1, -0.05) is 5.92 Å².